The molecule has 0 bridgehead atoms. The van der Waals surface area contributed by atoms with Crippen molar-refractivity contribution >= 4 is 24.4 Å². The maximum absolute atomic E-state index is 11.8. The Morgan fingerprint density at radius 1 is 1.29 bits per heavy atom. The third-order valence-corrected chi connectivity index (χ3v) is 4.07. The molecule has 2 aromatic rings. The molecule has 1 aromatic carbocycles. The summed E-state index contributed by atoms with van der Waals surface area (Å²) in [5.74, 6) is 1.07. The second kappa shape index (κ2) is 8.59. The molecule has 0 radical (unpaired) electrons. The number of pyridine rings is 1. The van der Waals surface area contributed by atoms with Crippen molar-refractivity contribution < 1.29 is 14.3 Å². The van der Waals surface area contributed by atoms with E-state index < -0.39 is 0 Å². The predicted molar refractivity (Wildman–Crippen MR) is 96.9 cm³/mol. The molecular formula is C18H22N2O3S. The minimum Gasteiger partial charge on any atom is -0.492 e. The summed E-state index contributed by atoms with van der Waals surface area (Å²) in [6.45, 7) is 2.03. The van der Waals surface area contributed by atoms with Crippen molar-refractivity contribution in [3.63, 3.8) is 0 Å². The lowest BCUT2D eigenvalue weighted by Crippen LogP contribution is -2.09. The number of anilines is 1. The summed E-state index contributed by atoms with van der Waals surface area (Å²) >= 11 is 4.54. The molecule has 0 spiro atoms. The highest BCUT2D eigenvalue weighted by atomic mass is 32.1. The molecule has 0 fully saturated rings. The van der Waals surface area contributed by atoms with Crippen molar-refractivity contribution in [1.29, 1.82) is 0 Å². The third-order valence-electron chi connectivity index (χ3n) is 3.58. The molecule has 24 heavy (non-hydrogen) atoms. The molecule has 128 valence electrons. The maximum Gasteiger partial charge on any atom is 0.311 e. The summed E-state index contributed by atoms with van der Waals surface area (Å²) in [6.07, 6.45) is 4.50. The van der Waals surface area contributed by atoms with Gasteiger partial charge in [0.15, 0.2) is 11.5 Å². The number of aromatic nitrogens is 1. The van der Waals surface area contributed by atoms with Crippen LogP contribution < -0.4 is 15.2 Å². The van der Waals surface area contributed by atoms with Gasteiger partial charge in [-0.15, -0.1) is 12.6 Å². The van der Waals surface area contributed by atoms with E-state index in [0.717, 1.165) is 24.0 Å². The lowest BCUT2D eigenvalue weighted by molar-refractivity contribution is -0.134. The molecule has 1 heterocycles. The van der Waals surface area contributed by atoms with Crippen molar-refractivity contribution in [2.24, 2.45) is 0 Å². The Bertz CT molecular complexity index is 702. The van der Waals surface area contributed by atoms with Crippen molar-refractivity contribution in [1.82, 2.24) is 4.98 Å². The first kappa shape index (κ1) is 18.1. The molecule has 0 amide bonds. The Morgan fingerprint density at radius 2 is 2.08 bits per heavy atom. The number of esters is 1. The van der Waals surface area contributed by atoms with E-state index in [2.05, 4.69) is 17.6 Å². The average Bonchev–Trinajstić information content (AvgIpc) is 2.57. The van der Waals surface area contributed by atoms with Crippen LogP contribution in [0.2, 0.25) is 0 Å². The Labute approximate surface area is 147 Å². The number of rotatable bonds is 7. The van der Waals surface area contributed by atoms with E-state index in [-0.39, 0.29) is 5.97 Å². The van der Waals surface area contributed by atoms with Crippen LogP contribution >= 0.6 is 12.6 Å². The van der Waals surface area contributed by atoms with E-state index in [0.29, 0.717) is 35.1 Å². The highest BCUT2D eigenvalue weighted by Gasteiger charge is 2.16. The third kappa shape index (κ3) is 4.64. The normalized spacial score (nSPS) is 10.5. The highest BCUT2D eigenvalue weighted by molar-refractivity contribution is 7.80. The molecule has 0 aliphatic carbocycles. The van der Waals surface area contributed by atoms with Gasteiger partial charge in [-0.3, -0.25) is 4.79 Å². The van der Waals surface area contributed by atoms with Crippen LogP contribution in [0, 0.1) is 0 Å². The number of carbonyl (C=O) groups is 1. The molecule has 2 rings (SSSR count). The SMILES string of the molecule is CCCCC(=O)Oc1ccc(Cc2ccc(N)nc2)c(S)c1OC. The van der Waals surface area contributed by atoms with Crippen LogP contribution in [0.5, 0.6) is 11.5 Å². The number of nitrogen functional groups attached to an aromatic ring is 1. The second-order valence-electron chi connectivity index (χ2n) is 5.45. The van der Waals surface area contributed by atoms with Gasteiger partial charge in [-0.2, -0.15) is 0 Å². The number of hydrogen-bond acceptors (Lipinski definition) is 6. The van der Waals surface area contributed by atoms with Gasteiger partial charge in [-0.05, 0) is 29.7 Å². The zero-order valence-electron chi connectivity index (χ0n) is 13.9. The first-order chi connectivity index (χ1) is 11.5. The zero-order valence-corrected chi connectivity index (χ0v) is 14.8. The van der Waals surface area contributed by atoms with Gasteiger partial charge in [0.05, 0.1) is 12.0 Å². The Hall–Kier alpha value is -2.21. The quantitative estimate of drug-likeness (QED) is 0.455. The van der Waals surface area contributed by atoms with Crippen LogP contribution in [0.3, 0.4) is 0 Å². The van der Waals surface area contributed by atoms with Crippen molar-refractivity contribution in [3.8, 4) is 11.5 Å². The molecule has 0 aliphatic heterocycles. The Balaban J connectivity index is 2.20. The molecule has 2 N–H and O–H groups in total. The molecule has 0 aliphatic rings. The number of methoxy groups -OCH3 is 1. The molecule has 5 nitrogen and oxygen atoms in total. The number of hydrogen-bond donors (Lipinski definition) is 2. The van der Waals surface area contributed by atoms with E-state index in [4.69, 9.17) is 15.2 Å². The van der Waals surface area contributed by atoms with Crippen LogP contribution in [0.1, 0.15) is 37.3 Å². The number of unbranched alkanes of at least 4 members (excludes halogenated alkanes) is 1. The van der Waals surface area contributed by atoms with Crippen molar-refractivity contribution in [3.05, 3.63) is 41.6 Å². The molecule has 0 saturated heterocycles. The standard InChI is InChI=1S/C18H22N2O3S/c1-3-4-5-16(21)23-14-8-7-13(18(24)17(14)22-2)10-12-6-9-15(19)20-11-12/h6-9,11,24H,3-5,10H2,1-2H3,(H2,19,20). The molecule has 0 unspecified atom stereocenters. The van der Waals surface area contributed by atoms with Gasteiger partial charge in [0.2, 0.25) is 0 Å². The van der Waals surface area contributed by atoms with Crippen LogP contribution in [0.25, 0.3) is 0 Å². The summed E-state index contributed by atoms with van der Waals surface area (Å²) in [7, 11) is 1.53. The number of carbonyl (C=O) groups excluding carboxylic acids is 1. The summed E-state index contributed by atoms with van der Waals surface area (Å²) in [6, 6.07) is 7.29. The van der Waals surface area contributed by atoms with Gasteiger partial charge in [0.1, 0.15) is 5.82 Å². The molecule has 0 saturated carbocycles. The van der Waals surface area contributed by atoms with Crippen LogP contribution in [-0.2, 0) is 11.2 Å². The molecule has 1 aromatic heterocycles. The summed E-state index contributed by atoms with van der Waals surface area (Å²) in [5.41, 5.74) is 7.56. The Morgan fingerprint density at radius 3 is 2.71 bits per heavy atom. The fraction of sp³-hybridized carbons (Fsp3) is 0.333. The second-order valence-corrected chi connectivity index (χ2v) is 5.90. The monoisotopic (exact) mass is 346 g/mol. The lowest BCUT2D eigenvalue weighted by atomic mass is 10.1. The lowest BCUT2D eigenvalue weighted by Gasteiger charge is -2.14. The summed E-state index contributed by atoms with van der Waals surface area (Å²) < 4.78 is 10.8. The van der Waals surface area contributed by atoms with Gasteiger partial charge < -0.3 is 15.2 Å². The fourth-order valence-corrected chi connectivity index (χ4v) is 2.62. The van der Waals surface area contributed by atoms with Crippen LogP contribution in [0.4, 0.5) is 5.82 Å². The molecular weight excluding hydrogens is 324 g/mol. The Kier molecular flexibility index (Phi) is 6.49. The smallest absolute Gasteiger partial charge is 0.311 e. The van der Waals surface area contributed by atoms with E-state index in [1.54, 1.807) is 18.3 Å². The van der Waals surface area contributed by atoms with Crippen LogP contribution in [0.15, 0.2) is 35.4 Å². The topological polar surface area (TPSA) is 74.4 Å². The van der Waals surface area contributed by atoms with E-state index >= 15 is 0 Å². The number of nitrogens with two attached hydrogens (primary N) is 1. The van der Waals surface area contributed by atoms with Gasteiger partial charge in [-0.25, -0.2) is 4.98 Å². The first-order valence-electron chi connectivity index (χ1n) is 7.85. The van der Waals surface area contributed by atoms with E-state index in [9.17, 15) is 4.79 Å². The average molecular weight is 346 g/mol. The van der Waals surface area contributed by atoms with Gasteiger partial charge >= 0.3 is 5.97 Å². The zero-order chi connectivity index (χ0) is 17.5. The number of benzene rings is 1. The fourth-order valence-electron chi connectivity index (χ4n) is 2.27. The largest absolute Gasteiger partial charge is 0.492 e. The van der Waals surface area contributed by atoms with E-state index in [1.165, 1.54) is 7.11 Å². The van der Waals surface area contributed by atoms with Gasteiger partial charge in [0.25, 0.3) is 0 Å². The maximum atomic E-state index is 11.8. The number of ether oxygens (including phenoxy) is 2. The van der Waals surface area contributed by atoms with E-state index in [1.807, 2.05) is 19.1 Å². The van der Waals surface area contributed by atoms with Crippen molar-refractivity contribution in [2.75, 3.05) is 12.8 Å². The predicted octanol–water partition coefficient (Wildman–Crippen LogP) is 3.65. The minimum atomic E-state index is -0.265. The molecule has 6 heteroatoms. The summed E-state index contributed by atoms with van der Waals surface area (Å²) in [4.78, 5) is 16.6. The van der Waals surface area contributed by atoms with Crippen LogP contribution in [-0.4, -0.2) is 18.1 Å². The number of thiol groups is 1. The minimum absolute atomic E-state index is 0.265. The van der Waals surface area contributed by atoms with Crippen molar-refractivity contribution in [2.45, 2.75) is 37.5 Å². The summed E-state index contributed by atoms with van der Waals surface area (Å²) in [5, 5.41) is 0. The van der Waals surface area contributed by atoms with Gasteiger partial charge in [0, 0.05) is 19.0 Å². The first-order valence-corrected chi connectivity index (χ1v) is 8.29. The number of nitrogens with zero attached hydrogens (tertiary/aromatic N) is 1. The highest BCUT2D eigenvalue weighted by Crippen LogP contribution is 2.37. The van der Waals surface area contributed by atoms with Gasteiger partial charge in [-0.1, -0.05) is 25.5 Å². The molecule has 0 atom stereocenters.